The van der Waals surface area contributed by atoms with E-state index in [1.54, 1.807) is 6.26 Å². The molecule has 0 aliphatic carbocycles. The molecular formula is C17H23ClN2O. The second-order valence-electron chi connectivity index (χ2n) is 5.40. The Morgan fingerprint density at radius 3 is 2.67 bits per heavy atom. The summed E-state index contributed by atoms with van der Waals surface area (Å²) in [5.41, 5.74) is 2.25. The van der Waals surface area contributed by atoms with Crippen molar-refractivity contribution in [2.45, 2.75) is 39.9 Å². The number of hydrogen-bond donors (Lipinski definition) is 1. The first-order chi connectivity index (χ1) is 10.1. The molecule has 0 fully saturated rings. The van der Waals surface area contributed by atoms with Crippen LogP contribution in [-0.4, -0.2) is 12.6 Å². The summed E-state index contributed by atoms with van der Waals surface area (Å²) < 4.78 is 5.42. The molecule has 0 aliphatic heterocycles. The normalized spacial score (nSPS) is 11.1. The number of nitrogens with zero attached hydrogens (tertiary/aromatic N) is 1. The molecule has 2 aromatic rings. The van der Waals surface area contributed by atoms with Gasteiger partial charge < -0.3 is 14.6 Å². The van der Waals surface area contributed by atoms with Gasteiger partial charge in [0.15, 0.2) is 0 Å². The van der Waals surface area contributed by atoms with Gasteiger partial charge in [0, 0.05) is 29.8 Å². The number of furan rings is 1. The third kappa shape index (κ3) is 4.51. The molecule has 4 heteroatoms. The molecule has 1 N–H and O–H groups in total. The molecule has 3 nitrogen and oxygen atoms in total. The van der Waals surface area contributed by atoms with E-state index in [2.05, 4.69) is 43.1 Å². The van der Waals surface area contributed by atoms with Gasteiger partial charge in [-0.3, -0.25) is 0 Å². The van der Waals surface area contributed by atoms with Gasteiger partial charge in [-0.1, -0.05) is 31.5 Å². The van der Waals surface area contributed by atoms with Crippen molar-refractivity contribution in [3.63, 3.8) is 0 Å². The first-order valence-electron chi connectivity index (χ1n) is 7.39. The van der Waals surface area contributed by atoms with Gasteiger partial charge in [0.25, 0.3) is 0 Å². The molecule has 1 heterocycles. The number of anilines is 1. The number of rotatable bonds is 7. The van der Waals surface area contributed by atoms with Crippen molar-refractivity contribution in [1.82, 2.24) is 5.32 Å². The van der Waals surface area contributed by atoms with Crippen molar-refractivity contribution in [2.24, 2.45) is 0 Å². The van der Waals surface area contributed by atoms with E-state index in [1.165, 1.54) is 0 Å². The monoisotopic (exact) mass is 306 g/mol. The Labute approximate surface area is 131 Å². The van der Waals surface area contributed by atoms with Crippen LogP contribution in [0.15, 0.2) is 41.0 Å². The van der Waals surface area contributed by atoms with Crippen LogP contribution in [-0.2, 0) is 13.1 Å². The van der Waals surface area contributed by atoms with Crippen LogP contribution in [0.1, 0.15) is 32.1 Å². The van der Waals surface area contributed by atoms with E-state index in [0.29, 0.717) is 6.04 Å². The minimum atomic E-state index is 0.451. The highest BCUT2D eigenvalue weighted by molar-refractivity contribution is 6.31. The summed E-state index contributed by atoms with van der Waals surface area (Å²) in [6, 6.07) is 10.6. The van der Waals surface area contributed by atoms with E-state index in [4.69, 9.17) is 16.0 Å². The maximum absolute atomic E-state index is 6.41. The lowest BCUT2D eigenvalue weighted by Gasteiger charge is -2.23. The predicted molar refractivity (Wildman–Crippen MR) is 88.9 cm³/mol. The van der Waals surface area contributed by atoms with Crippen LogP contribution in [0.3, 0.4) is 0 Å². The molecule has 0 atom stereocenters. The van der Waals surface area contributed by atoms with E-state index in [1.807, 2.05) is 18.2 Å². The summed E-state index contributed by atoms with van der Waals surface area (Å²) in [5.74, 6) is 0.957. The Bertz CT molecular complexity index is 552. The van der Waals surface area contributed by atoms with Gasteiger partial charge in [0.05, 0.1) is 12.8 Å². The average molecular weight is 307 g/mol. The van der Waals surface area contributed by atoms with Gasteiger partial charge in [0.2, 0.25) is 0 Å². The van der Waals surface area contributed by atoms with E-state index in [0.717, 1.165) is 41.7 Å². The molecule has 0 amide bonds. The first-order valence-corrected chi connectivity index (χ1v) is 7.77. The molecule has 114 valence electrons. The lowest BCUT2D eigenvalue weighted by Crippen LogP contribution is -2.23. The van der Waals surface area contributed by atoms with E-state index in [9.17, 15) is 0 Å². The smallest absolute Gasteiger partial charge is 0.123 e. The minimum absolute atomic E-state index is 0.451. The molecule has 0 unspecified atom stereocenters. The summed E-state index contributed by atoms with van der Waals surface area (Å²) >= 11 is 6.41. The minimum Gasteiger partial charge on any atom is -0.467 e. The van der Waals surface area contributed by atoms with Crippen molar-refractivity contribution in [3.8, 4) is 0 Å². The fourth-order valence-electron chi connectivity index (χ4n) is 2.17. The van der Waals surface area contributed by atoms with Gasteiger partial charge in [-0.25, -0.2) is 0 Å². The van der Waals surface area contributed by atoms with Crippen LogP contribution in [0, 0.1) is 0 Å². The van der Waals surface area contributed by atoms with Crippen LogP contribution < -0.4 is 10.2 Å². The predicted octanol–water partition coefficient (Wildman–Crippen LogP) is 4.46. The highest BCUT2D eigenvalue weighted by atomic mass is 35.5. The molecule has 1 aromatic carbocycles. The Morgan fingerprint density at radius 1 is 1.29 bits per heavy atom. The third-order valence-electron chi connectivity index (χ3n) is 3.41. The van der Waals surface area contributed by atoms with Crippen LogP contribution >= 0.6 is 11.6 Å². The number of nitrogens with one attached hydrogen (secondary N) is 1. The van der Waals surface area contributed by atoms with E-state index >= 15 is 0 Å². The highest BCUT2D eigenvalue weighted by Gasteiger charge is 2.10. The molecular weight excluding hydrogens is 284 g/mol. The molecule has 0 saturated carbocycles. The molecule has 0 aliphatic rings. The van der Waals surface area contributed by atoms with E-state index < -0.39 is 0 Å². The number of halogens is 1. The van der Waals surface area contributed by atoms with Gasteiger partial charge in [-0.2, -0.15) is 0 Å². The molecule has 21 heavy (non-hydrogen) atoms. The van der Waals surface area contributed by atoms with Crippen molar-refractivity contribution in [1.29, 1.82) is 0 Å². The number of benzene rings is 1. The van der Waals surface area contributed by atoms with Gasteiger partial charge >= 0.3 is 0 Å². The summed E-state index contributed by atoms with van der Waals surface area (Å²) in [4.78, 5) is 2.24. The molecule has 0 radical (unpaired) electrons. The molecule has 1 aromatic heterocycles. The second-order valence-corrected chi connectivity index (χ2v) is 5.81. The SMILES string of the molecule is CCN(Cc1ccco1)c1ccc(CNC(C)C)c(Cl)c1. The van der Waals surface area contributed by atoms with Crippen molar-refractivity contribution in [3.05, 3.63) is 52.9 Å². The highest BCUT2D eigenvalue weighted by Crippen LogP contribution is 2.25. The van der Waals surface area contributed by atoms with Crippen LogP contribution in [0.2, 0.25) is 5.02 Å². The first kappa shape index (κ1) is 15.9. The lowest BCUT2D eigenvalue weighted by molar-refractivity contribution is 0.503. The van der Waals surface area contributed by atoms with Gasteiger partial charge in [0.1, 0.15) is 5.76 Å². The Kier molecular flexibility index (Phi) is 5.71. The summed E-state index contributed by atoms with van der Waals surface area (Å²) in [6.07, 6.45) is 1.71. The number of hydrogen-bond acceptors (Lipinski definition) is 3. The summed E-state index contributed by atoms with van der Waals surface area (Å²) in [5, 5.41) is 4.19. The Balaban J connectivity index is 2.09. The fraction of sp³-hybridized carbons (Fsp3) is 0.412. The van der Waals surface area contributed by atoms with Crippen molar-refractivity contribution < 1.29 is 4.42 Å². The summed E-state index contributed by atoms with van der Waals surface area (Å²) in [6.45, 7) is 8.84. The third-order valence-corrected chi connectivity index (χ3v) is 3.76. The Morgan fingerprint density at radius 2 is 2.10 bits per heavy atom. The molecule has 0 bridgehead atoms. The quantitative estimate of drug-likeness (QED) is 0.819. The second kappa shape index (κ2) is 7.53. The van der Waals surface area contributed by atoms with Crippen LogP contribution in [0.4, 0.5) is 5.69 Å². The average Bonchev–Trinajstić information content (AvgIpc) is 2.96. The molecule has 0 spiro atoms. The summed E-state index contributed by atoms with van der Waals surface area (Å²) in [7, 11) is 0. The lowest BCUT2D eigenvalue weighted by atomic mass is 10.1. The van der Waals surface area contributed by atoms with E-state index in [-0.39, 0.29) is 0 Å². The molecule has 0 saturated heterocycles. The maximum Gasteiger partial charge on any atom is 0.123 e. The molecule has 2 rings (SSSR count). The Hall–Kier alpha value is -1.45. The van der Waals surface area contributed by atoms with Crippen LogP contribution in [0.25, 0.3) is 0 Å². The van der Waals surface area contributed by atoms with Crippen LogP contribution in [0.5, 0.6) is 0 Å². The zero-order chi connectivity index (χ0) is 15.2. The maximum atomic E-state index is 6.41. The zero-order valence-electron chi connectivity index (χ0n) is 12.9. The fourth-order valence-corrected chi connectivity index (χ4v) is 2.41. The van der Waals surface area contributed by atoms with Crippen molar-refractivity contribution in [2.75, 3.05) is 11.4 Å². The standard InChI is InChI=1S/C17H23ClN2O/c1-4-20(12-16-6-5-9-21-16)15-8-7-14(17(18)10-15)11-19-13(2)3/h5-10,13,19H,4,11-12H2,1-3H3. The van der Waals surface area contributed by atoms with Gasteiger partial charge in [-0.15, -0.1) is 0 Å². The topological polar surface area (TPSA) is 28.4 Å². The largest absolute Gasteiger partial charge is 0.467 e. The van der Waals surface area contributed by atoms with Gasteiger partial charge in [-0.05, 0) is 36.8 Å². The van der Waals surface area contributed by atoms with Crippen molar-refractivity contribution >= 4 is 17.3 Å². The zero-order valence-corrected chi connectivity index (χ0v) is 13.7.